The molecule has 0 spiro atoms. The molecular formula is C12H14N2O2. The number of carbonyl (C=O) groups is 1. The first-order valence-corrected chi connectivity index (χ1v) is 5.10. The summed E-state index contributed by atoms with van der Waals surface area (Å²) in [7, 11) is 3.82. The van der Waals surface area contributed by atoms with Crippen molar-refractivity contribution in [2.75, 3.05) is 7.05 Å². The lowest BCUT2D eigenvalue weighted by Crippen LogP contribution is -2.08. The van der Waals surface area contributed by atoms with Gasteiger partial charge in [0.25, 0.3) is 0 Å². The Kier molecular flexibility index (Phi) is 2.66. The van der Waals surface area contributed by atoms with Crippen molar-refractivity contribution in [1.82, 2.24) is 9.88 Å². The maximum absolute atomic E-state index is 11.1. The lowest BCUT2D eigenvalue weighted by Gasteiger charge is -2.02. The molecule has 4 nitrogen and oxygen atoms in total. The number of carboxylic acid groups (broad SMARTS) is 1. The van der Waals surface area contributed by atoms with E-state index in [1.807, 2.05) is 30.8 Å². The van der Waals surface area contributed by atoms with E-state index < -0.39 is 5.97 Å². The van der Waals surface area contributed by atoms with Crippen molar-refractivity contribution in [3.05, 3.63) is 35.5 Å². The Labute approximate surface area is 93.5 Å². The van der Waals surface area contributed by atoms with Crippen molar-refractivity contribution in [1.29, 1.82) is 0 Å². The van der Waals surface area contributed by atoms with Gasteiger partial charge in [-0.2, -0.15) is 0 Å². The molecule has 2 rings (SSSR count). The number of aromatic nitrogens is 1. The van der Waals surface area contributed by atoms with Crippen LogP contribution in [0.4, 0.5) is 0 Å². The van der Waals surface area contributed by atoms with E-state index in [0.29, 0.717) is 5.56 Å². The fourth-order valence-electron chi connectivity index (χ4n) is 1.95. The van der Waals surface area contributed by atoms with Gasteiger partial charge >= 0.3 is 5.97 Å². The van der Waals surface area contributed by atoms with Crippen LogP contribution in [0.2, 0.25) is 0 Å². The van der Waals surface area contributed by atoms with E-state index in [1.165, 1.54) is 0 Å². The smallest absolute Gasteiger partial charge is 0.336 e. The Morgan fingerprint density at radius 2 is 2.25 bits per heavy atom. The molecule has 84 valence electrons. The topological polar surface area (TPSA) is 54.3 Å². The van der Waals surface area contributed by atoms with Gasteiger partial charge in [0.15, 0.2) is 0 Å². The molecular weight excluding hydrogens is 204 g/mol. The molecule has 0 radical (unpaired) electrons. The summed E-state index contributed by atoms with van der Waals surface area (Å²) in [6.45, 7) is 0.726. The molecule has 1 heterocycles. The number of hydrogen-bond donors (Lipinski definition) is 2. The molecule has 0 fully saturated rings. The summed E-state index contributed by atoms with van der Waals surface area (Å²) in [5, 5.41) is 12.9. The van der Waals surface area contributed by atoms with Gasteiger partial charge in [0, 0.05) is 30.2 Å². The second-order valence-electron chi connectivity index (χ2n) is 3.77. The van der Waals surface area contributed by atoms with Crippen LogP contribution in [0.5, 0.6) is 0 Å². The number of fused-ring (bicyclic) bond motifs is 1. The predicted octanol–water partition coefficient (Wildman–Crippen LogP) is 1.60. The van der Waals surface area contributed by atoms with Crippen LogP contribution in [0.3, 0.4) is 0 Å². The van der Waals surface area contributed by atoms with Crippen molar-refractivity contribution in [2.45, 2.75) is 6.54 Å². The van der Waals surface area contributed by atoms with E-state index >= 15 is 0 Å². The van der Waals surface area contributed by atoms with Crippen molar-refractivity contribution < 1.29 is 9.90 Å². The Bertz CT molecular complexity index is 543. The molecule has 0 unspecified atom stereocenters. The molecule has 4 heteroatoms. The maximum Gasteiger partial charge on any atom is 0.336 e. The van der Waals surface area contributed by atoms with Crippen LogP contribution >= 0.6 is 0 Å². The Hall–Kier alpha value is -1.81. The van der Waals surface area contributed by atoms with Crippen LogP contribution in [0.1, 0.15) is 16.1 Å². The summed E-state index contributed by atoms with van der Waals surface area (Å²) in [6.07, 6.45) is 0. The molecule has 0 amide bonds. The average molecular weight is 218 g/mol. The van der Waals surface area contributed by atoms with Gasteiger partial charge in [-0.1, -0.05) is 6.07 Å². The number of aromatic carboxylic acids is 1. The molecule has 0 saturated heterocycles. The summed E-state index contributed by atoms with van der Waals surface area (Å²) in [5.74, 6) is -0.882. The fraction of sp³-hybridized carbons (Fsp3) is 0.250. The third-order valence-corrected chi connectivity index (χ3v) is 2.77. The van der Waals surface area contributed by atoms with Crippen LogP contribution in [0, 0.1) is 0 Å². The maximum atomic E-state index is 11.1. The second-order valence-corrected chi connectivity index (χ2v) is 3.77. The van der Waals surface area contributed by atoms with Gasteiger partial charge < -0.3 is 15.0 Å². The monoisotopic (exact) mass is 218 g/mol. The lowest BCUT2D eigenvalue weighted by atomic mass is 10.1. The molecule has 0 aliphatic carbocycles. The van der Waals surface area contributed by atoms with E-state index in [1.54, 1.807) is 12.1 Å². The molecule has 2 N–H and O–H groups in total. The van der Waals surface area contributed by atoms with Crippen molar-refractivity contribution in [3.63, 3.8) is 0 Å². The Morgan fingerprint density at radius 1 is 1.50 bits per heavy atom. The fourth-order valence-corrected chi connectivity index (χ4v) is 1.95. The van der Waals surface area contributed by atoms with Crippen molar-refractivity contribution >= 4 is 16.9 Å². The molecule has 1 aromatic heterocycles. The molecule has 0 aliphatic rings. The van der Waals surface area contributed by atoms with Gasteiger partial charge in [-0.25, -0.2) is 4.79 Å². The third-order valence-electron chi connectivity index (χ3n) is 2.77. The zero-order valence-corrected chi connectivity index (χ0v) is 9.32. The highest BCUT2D eigenvalue weighted by Crippen LogP contribution is 2.22. The number of rotatable bonds is 3. The van der Waals surface area contributed by atoms with Gasteiger partial charge in [-0.05, 0) is 25.2 Å². The van der Waals surface area contributed by atoms with Crippen LogP contribution in [-0.4, -0.2) is 22.7 Å². The minimum absolute atomic E-state index is 0.357. The highest BCUT2D eigenvalue weighted by molar-refractivity contribution is 6.03. The third kappa shape index (κ3) is 1.57. The summed E-state index contributed by atoms with van der Waals surface area (Å²) in [4.78, 5) is 11.1. The molecule has 0 atom stereocenters. The first-order valence-electron chi connectivity index (χ1n) is 5.10. The van der Waals surface area contributed by atoms with Gasteiger partial charge in [0.2, 0.25) is 0 Å². The van der Waals surface area contributed by atoms with Crippen LogP contribution in [0.25, 0.3) is 10.9 Å². The van der Waals surface area contributed by atoms with E-state index in [4.69, 9.17) is 5.11 Å². The van der Waals surface area contributed by atoms with Crippen LogP contribution in [0.15, 0.2) is 24.3 Å². The van der Waals surface area contributed by atoms with Crippen LogP contribution in [-0.2, 0) is 13.6 Å². The summed E-state index contributed by atoms with van der Waals surface area (Å²) < 4.78 is 2.01. The summed E-state index contributed by atoms with van der Waals surface area (Å²) in [6, 6.07) is 7.26. The van der Waals surface area contributed by atoms with E-state index in [-0.39, 0.29) is 0 Å². The minimum Gasteiger partial charge on any atom is -0.478 e. The SMILES string of the molecule is CNCc1cc2c(C(=O)O)cccc2n1C. The predicted molar refractivity (Wildman–Crippen MR) is 62.6 cm³/mol. The molecule has 0 bridgehead atoms. The van der Waals surface area contributed by atoms with E-state index in [0.717, 1.165) is 23.1 Å². The highest BCUT2D eigenvalue weighted by atomic mass is 16.4. The highest BCUT2D eigenvalue weighted by Gasteiger charge is 2.12. The zero-order valence-electron chi connectivity index (χ0n) is 9.32. The molecule has 0 saturated carbocycles. The van der Waals surface area contributed by atoms with Gasteiger partial charge in [0.1, 0.15) is 0 Å². The number of aryl methyl sites for hydroxylation is 1. The van der Waals surface area contributed by atoms with Crippen molar-refractivity contribution in [3.8, 4) is 0 Å². The first kappa shape index (κ1) is 10.7. The summed E-state index contributed by atoms with van der Waals surface area (Å²) >= 11 is 0. The molecule has 2 aromatic rings. The standard InChI is InChI=1S/C12H14N2O2/c1-13-7-8-6-10-9(12(15)16)4-3-5-11(10)14(8)2/h3-6,13H,7H2,1-2H3,(H,15,16). The number of benzene rings is 1. The van der Waals surface area contributed by atoms with Gasteiger partial charge in [-0.3, -0.25) is 0 Å². The molecule has 16 heavy (non-hydrogen) atoms. The van der Waals surface area contributed by atoms with Gasteiger partial charge in [-0.15, -0.1) is 0 Å². The number of carboxylic acids is 1. The normalized spacial score (nSPS) is 10.9. The largest absolute Gasteiger partial charge is 0.478 e. The van der Waals surface area contributed by atoms with E-state index in [9.17, 15) is 4.79 Å². The average Bonchev–Trinajstić information content (AvgIpc) is 2.57. The Balaban J connectivity index is 2.70. The zero-order chi connectivity index (χ0) is 11.7. The van der Waals surface area contributed by atoms with Gasteiger partial charge in [0.05, 0.1) is 5.56 Å². The quantitative estimate of drug-likeness (QED) is 0.822. The van der Waals surface area contributed by atoms with Crippen molar-refractivity contribution in [2.24, 2.45) is 7.05 Å². The number of nitrogens with one attached hydrogen (secondary N) is 1. The second kappa shape index (κ2) is 3.98. The summed E-state index contributed by atoms with van der Waals surface area (Å²) in [5.41, 5.74) is 2.38. The first-order chi connectivity index (χ1) is 7.65. The lowest BCUT2D eigenvalue weighted by molar-refractivity contribution is 0.0699. The molecule has 0 aliphatic heterocycles. The molecule has 1 aromatic carbocycles. The van der Waals surface area contributed by atoms with Crippen LogP contribution < -0.4 is 5.32 Å². The minimum atomic E-state index is -0.882. The van der Waals surface area contributed by atoms with E-state index in [2.05, 4.69) is 5.32 Å². The number of hydrogen-bond acceptors (Lipinski definition) is 2. The Morgan fingerprint density at radius 3 is 2.88 bits per heavy atom. The number of nitrogens with zero attached hydrogens (tertiary/aromatic N) is 1.